The van der Waals surface area contributed by atoms with Crippen molar-refractivity contribution < 1.29 is 9.53 Å². The van der Waals surface area contributed by atoms with Crippen molar-refractivity contribution in [3.05, 3.63) is 65.7 Å². The van der Waals surface area contributed by atoms with E-state index in [9.17, 15) is 4.79 Å². The fourth-order valence-electron chi connectivity index (χ4n) is 1.99. The number of para-hydroxylation sites is 1. The number of nitrogens with zero attached hydrogens (tertiary/aromatic N) is 1. The summed E-state index contributed by atoms with van der Waals surface area (Å²) >= 11 is 0. The van der Waals surface area contributed by atoms with E-state index >= 15 is 0 Å². The van der Waals surface area contributed by atoms with E-state index < -0.39 is 0 Å². The highest BCUT2D eigenvalue weighted by molar-refractivity contribution is 6.07. The van der Waals surface area contributed by atoms with Gasteiger partial charge in [-0.05, 0) is 42.5 Å². The van der Waals surface area contributed by atoms with Gasteiger partial charge in [0.1, 0.15) is 5.75 Å². The van der Waals surface area contributed by atoms with Crippen LogP contribution < -0.4 is 9.64 Å². The Balaban J connectivity index is 2.15. The average molecular weight is 281 g/mol. The Hall–Kier alpha value is -2.55. The predicted molar refractivity (Wildman–Crippen MR) is 87.1 cm³/mol. The monoisotopic (exact) mass is 281 g/mol. The van der Waals surface area contributed by atoms with Gasteiger partial charge in [-0.25, -0.2) is 0 Å². The number of methoxy groups -OCH3 is 1. The highest BCUT2D eigenvalue weighted by Crippen LogP contribution is 2.19. The molecule has 0 aromatic heterocycles. The van der Waals surface area contributed by atoms with Crippen molar-refractivity contribution in [2.24, 2.45) is 0 Å². The molecule has 0 unspecified atom stereocenters. The summed E-state index contributed by atoms with van der Waals surface area (Å²) in [6.45, 7) is 0. The minimum absolute atomic E-state index is 0.0220. The Morgan fingerprint density at radius 1 is 1.05 bits per heavy atom. The quantitative estimate of drug-likeness (QED) is 0.619. The maximum atomic E-state index is 12.2. The summed E-state index contributed by atoms with van der Waals surface area (Å²) in [6.07, 6.45) is 3.35. The molecule has 0 bridgehead atoms. The lowest BCUT2D eigenvalue weighted by atomic mass is 10.1. The van der Waals surface area contributed by atoms with E-state index in [1.54, 1.807) is 19.3 Å². The summed E-state index contributed by atoms with van der Waals surface area (Å²) in [6, 6.07) is 15.1. The number of hydrogen-bond donors (Lipinski definition) is 0. The van der Waals surface area contributed by atoms with Gasteiger partial charge in [0, 0.05) is 30.9 Å². The second-order valence-electron chi connectivity index (χ2n) is 4.88. The molecule has 0 aliphatic carbocycles. The summed E-state index contributed by atoms with van der Waals surface area (Å²) in [5, 5.41) is 0. The van der Waals surface area contributed by atoms with E-state index in [1.165, 1.54) is 0 Å². The van der Waals surface area contributed by atoms with Crippen LogP contribution in [0.5, 0.6) is 5.75 Å². The molecule has 0 amide bonds. The minimum atomic E-state index is -0.0220. The molecule has 3 nitrogen and oxygen atoms in total. The molecule has 0 atom stereocenters. The third-order valence-corrected chi connectivity index (χ3v) is 3.22. The largest absolute Gasteiger partial charge is 0.496 e. The van der Waals surface area contributed by atoms with Crippen LogP contribution in [-0.4, -0.2) is 27.0 Å². The smallest absolute Gasteiger partial charge is 0.185 e. The number of benzene rings is 2. The third-order valence-electron chi connectivity index (χ3n) is 3.22. The first-order valence-corrected chi connectivity index (χ1v) is 6.74. The third kappa shape index (κ3) is 3.72. The first-order valence-electron chi connectivity index (χ1n) is 6.74. The van der Waals surface area contributed by atoms with Crippen LogP contribution >= 0.6 is 0 Å². The molecule has 0 saturated heterocycles. The lowest BCUT2D eigenvalue weighted by Crippen LogP contribution is -2.08. The topological polar surface area (TPSA) is 29.5 Å². The molecule has 0 aliphatic heterocycles. The van der Waals surface area contributed by atoms with Crippen LogP contribution in [-0.2, 0) is 0 Å². The lowest BCUT2D eigenvalue weighted by molar-refractivity contribution is 0.104. The molecule has 108 valence electrons. The van der Waals surface area contributed by atoms with Gasteiger partial charge in [-0.15, -0.1) is 0 Å². The van der Waals surface area contributed by atoms with Crippen molar-refractivity contribution in [3.63, 3.8) is 0 Å². The number of allylic oxidation sites excluding steroid dienone is 1. The van der Waals surface area contributed by atoms with Crippen LogP contribution in [0.3, 0.4) is 0 Å². The number of carbonyl (C=O) groups excluding carboxylic acids is 1. The van der Waals surface area contributed by atoms with Crippen LogP contribution in [0.25, 0.3) is 6.08 Å². The molecular weight excluding hydrogens is 262 g/mol. The molecule has 0 heterocycles. The highest BCUT2D eigenvalue weighted by Gasteiger charge is 2.03. The predicted octanol–water partition coefficient (Wildman–Crippen LogP) is 3.66. The maximum Gasteiger partial charge on any atom is 0.185 e. The molecule has 3 heteroatoms. The van der Waals surface area contributed by atoms with E-state index in [4.69, 9.17) is 4.74 Å². The fourth-order valence-corrected chi connectivity index (χ4v) is 1.99. The molecule has 2 rings (SSSR count). The van der Waals surface area contributed by atoms with E-state index in [-0.39, 0.29) is 5.78 Å². The van der Waals surface area contributed by atoms with Gasteiger partial charge in [-0.2, -0.15) is 0 Å². The molecule has 0 spiro atoms. The molecule has 2 aromatic carbocycles. The molecule has 0 saturated carbocycles. The van der Waals surface area contributed by atoms with Gasteiger partial charge in [-0.1, -0.05) is 18.2 Å². The average Bonchev–Trinajstić information content (AvgIpc) is 2.52. The molecule has 0 fully saturated rings. The lowest BCUT2D eigenvalue weighted by Gasteiger charge is -2.11. The van der Waals surface area contributed by atoms with E-state index in [1.807, 2.05) is 67.5 Å². The van der Waals surface area contributed by atoms with Gasteiger partial charge in [0.05, 0.1) is 7.11 Å². The first-order chi connectivity index (χ1) is 10.1. The normalized spacial score (nSPS) is 10.6. The van der Waals surface area contributed by atoms with Crippen LogP contribution in [0.4, 0.5) is 5.69 Å². The molecule has 2 aromatic rings. The van der Waals surface area contributed by atoms with Gasteiger partial charge in [-0.3, -0.25) is 4.79 Å². The zero-order valence-electron chi connectivity index (χ0n) is 12.5. The van der Waals surface area contributed by atoms with Gasteiger partial charge in [0.2, 0.25) is 0 Å². The number of hydrogen-bond acceptors (Lipinski definition) is 3. The fraction of sp³-hybridized carbons (Fsp3) is 0.167. The number of carbonyl (C=O) groups is 1. The zero-order valence-corrected chi connectivity index (χ0v) is 12.5. The van der Waals surface area contributed by atoms with Crippen molar-refractivity contribution in [1.82, 2.24) is 0 Å². The second-order valence-corrected chi connectivity index (χ2v) is 4.88. The number of anilines is 1. The molecule has 21 heavy (non-hydrogen) atoms. The summed E-state index contributed by atoms with van der Waals surface area (Å²) in [7, 11) is 5.56. The Labute approximate surface area is 125 Å². The number of ether oxygens (including phenoxy) is 1. The Bertz CT molecular complexity index is 643. The Morgan fingerprint density at radius 2 is 1.71 bits per heavy atom. The summed E-state index contributed by atoms with van der Waals surface area (Å²) < 4.78 is 5.26. The van der Waals surface area contributed by atoms with Gasteiger partial charge >= 0.3 is 0 Å². The summed E-state index contributed by atoms with van der Waals surface area (Å²) in [4.78, 5) is 14.2. The standard InChI is InChI=1S/C18H19NO2/c1-19(2)16-11-8-14(9-12-16)17(20)13-10-15-6-4-5-7-18(15)21-3/h4-13H,1-3H3/b13-10+. The van der Waals surface area contributed by atoms with Crippen molar-refractivity contribution in [1.29, 1.82) is 0 Å². The van der Waals surface area contributed by atoms with Gasteiger partial charge in [0.15, 0.2) is 5.78 Å². The highest BCUT2D eigenvalue weighted by atomic mass is 16.5. The Kier molecular flexibility index (Phi) is 4.77. The van der Waals surface area contributed by atoms with Crippen molar-refractivity contribution in [2.75, 3.05) is 26.1 Å². The molecule has 0 aliphatic rings. The second kappa shape index (κ2) is 6.75. The van der Waals surface area contributed by atoms with Crippen molar-refractivity contribution in [2.45, 2.75) is 0 Å². The molecular formula is C18H19NO2. The zero-order chi connectivity index (χ0) is 15.2. The van der Waals surface area contributed by atoms with Gasteiger partial charge < -0.3 is 9.64 Å². The van der Waals surface area contributed by atoms with Crippen molar-refractivity contribution >= 4 is 17.5 Å². The van der Waals surface area contributed by atoms with E-state index in [0.717, 1.165) is 17.0 Å². The summed E-state index contributed by atoms with van der Waals surface area (Å²) in [5.74, 6) is 0.732. The minimum Gasteiger partial charge on any atom is -0.496 e. The first kappa shape index (κ1) is 14.9. The number of rotatable bonds is 5. The Morgan fingerprint density at radius 3 is 2.33 bits per heavy atom. The SMILES string of the molecule is COc1ccccc1/C=C/C(=O)c1ccc(N(C)C)cc1. The van der Waals surface area contributed by atoms with Crippen LogP contribution in [0.1, 0.15) is 15.9 Å². The maximum absolute atomic E-state index is 12.2. The molecule has 0 radical (unpaired) electrons. The van der Waals surface area contributed by atoms with E-state index in [2.05, 4.69) is 0 Å². The van der Waals surface area contributed by atoms with Crippen LogP contribution in [0.15, 0.2) is 54.6 Å². The van der Waals surface area contributed by atoms with Gasteiger partial charge in [0.25, 0.3) is 0 Å². The van der Waals surface area contributed by atoms with Crippen LogP contribution in [0, 0.1) is 0 Å². The summed E-state index contributed by atoms with van der Waals surface area (Å²) in [5.41, 5.74) is 2.63. The van der Waals surface area contributed by atoms with E-state index in [0.29, 0.717) is 5.56 Å². The van der Waals surface area contributed by atoms with Crippen LogP contribution in [0.2, 0.25) is 0 Å². The molecule has 0 N–H and O–H groups in total. The number of ketones is 1. The van der Waals surface area contributed by atoms with Crippen molar-refractivity contribution in [3.8, 4) is 5.75 Å².